The topological polar surface area (TPSA) is 80.8 Å². The van der Waals surface area contributed by atoms with Crippen molar-refractivity contribution in [2.45, 2.75) is 11.8 Å². The number of anilines is 1. The summed E-state index contributed by atoms with van der Waals surface area (Å²) in [4.78, 5) is 26.7. The molecule has 1 amide bonds. The maximum absolute atomic E-state index is 14.1. The number of hydrogen-bond acceptors (Lipinski definition) is 5. The first kappa shape index (κ1) is 28.6. The summed E-state index contributed by atoms with van der Waals surface area (Å²) in [6, 6.07) is 26.0. The lowest BCUT2D eigenvalue weighted by atomic mass is 10.1. The lowest BCUT2D eigenvalue weighted by Crippen LogP contribution is -2.37. The molecule has 0 aliphatic heterocycles. The third-order valence-electron chi connectivity index (χ3n) is 6.31. The van der Waals surface area contributed by atoms with Crippen LogP contribution in [0, 0.1) is 6.92 Å². The van der Waals surface area contributed by atoms with Crippen LogP contribution < -0.4 is 9.04 Å². The van der Waals surface area contributed by atoms with E-state index in [4.69, 9.17) is 39.5 Å². The second-order valence-corrected chi connectivity index (χ2v) is 12.1. The van der Waals surface area contributed by atoms with Gasteiger partial charge in [0.1, 0.15) is 5.75 Å². The molecule has 0 saturated heterocycles. The number of fused-ring (bicyclic) bond motifs is 1. The Bertz CT molecular complexity index is 1910. The molecule has 0 unspecified atom stereocenters. The normalized spacial score (nSPS) is 11.3. The van der Waals surface area contributed by atoms with E-state index in [9.17, 15) is 18.0 Å². The van der Waals surface area contributed by atoms with Gasteiger partial charge in [-0.2, -0.15) is 4.31 Å². The highest BCUT2D eigenvalue weighted by Crippen LogP contribution is 2.38. The molecular formula is C31H20Cl3NO5S. The van der Waals surface area contributed by atoms with Crippen molar-refractivity contribution in [3.8, 4) is 5.75 Å². The molecule has 206 valence electrons. The molecule has 10 heteroatoms. The minimum Gasteiger partial charge on any atom is -0.422 e. The molecular weight excluding hydrogens is 605 g/mol. The fraction of sp³-hybridized carbons (Fsp3) is 0.0323. The monoisotopic (exact) mass is 623 g/mol. The van der Waals surface area contributed by atoms with Crippen molar-refractivity contribution in [2.24, 2.45) is 0 Å². The van der Waals surface area contributed by atoms with E-state index >= 15 is 0 Å². The number of aryl methyl sites for hydroxylation is 1. The zero-order valence-corrected chi connectivity index (χ0v) is 24.4. The number of rotatable bonds is 6. The first-order chi connectivity index (χ1) is 19.6. The number of sulfonamides is 1. The molecule has 5 aromatic carbocycles. The van der Waals surface area contributed by atoms with Crippen LogP contribution >= 0.6 is 34.8 Å². The van der Waals surface area contributed by atoms with Crippen molar-refractivity contribution in [3.63, 3.8) is 0 Å². The van der Waals surface area contributed by atoms with Crippen molar-refractivity contribution in [1.29, 1.82) is 0 Å². The molecule has 0 N–H and O–H groups in total. The molecule has 0 aliphatic rings. The van der Waals surface area contributed by atoms with E-state index < -0.39 is 21.9 Å². The zero-order chi connectivity index (χ0) is 29.3. The van der Waals surface area contributed by atoms with E-state index in [1.54, 1.807) is 43.3 Å². The van der Waals surface area contributed by atoms with Gasteiger partial charge in [-0.3, -0.25) is 4.79 Å². The molecule has 0 spiro atoms. The SMILES string of the molecule is Cc1cc(S(=O)(=O)N(C(=O)c2ccc(Cl)cc2)c2ccc(OC(=O)c3ccc(Cl)cc3)c3ccccc23)ccc1Cl. The predicted octanol–water partition coefficient (Wildman–Crippen LogP) is 8.36. The molecule has 0 aliphatic carbocycles. The van der Waals surface area contributed by atoms with Gasteiger partial charge in [-0.05, 0) is 91.3 Å². The maximum Gasteiger partial charge on any atom is 0.343 e. The number of halogens is 3. The molecule has 0 saturated carbocycles. The molecule has 0 bridgehead atoms. The van der Waals surface area contributed by atoms with Crippen LogP contribution in [0.25, 0.3) is 10.8 Å². The Hall–Kier alpha value is -3.88. The quantitative estimate of drug-likeness (QED) is 0.140. The third kappa shape index (κ3) is 5.80. The summed E-state index contributed by atoms with van der Waals surface area (Å²) in [7, 11) is -4.45. The molecule has 0 fully saturated rings. The zero-order valence-electron chi connectivity index (χ0n) is 21.3. The standard InChI is InChI=1S/C31H20Cl3NO5S/c1-19-18-24(14-15-27(19)34)41(38,39)35(30(36)20-6-10-22(32)11-7-20)28-16-17-29(26-5-3-2-4-25(26)28)40-31(37)21-8-12-23(33)13-9-21/h2-18H,1H3. The summed E-state index contributed by atoms with van der Waals surface area (Å²) in [5.41, 5.74) is 0.981. The molecule has 5 aromatic rings. The number of carbonyl (C=O) groups excluding carboxylic acids is 2. The Morgan fingerprint density at radius 3 is 1.90 bits per heavy atom. The summed E-state index contributed by atoms with van der Waals surface area (Å²) in [5.74, 6) is -1.24. The summed E-state index contributed by atoms with van der Waals surface area (Å²) < 4.78 is 34.7. The highest BCUT2D eigenvalue weighted by molar-refractivity contribution is 7.93. The lowest BCUT2D eigenvalue weighted by molar-refractivity contribution is 0.0736. The van der Waals surface area contributed by atoms with Crippen molar-refractivity contribution >= 4 is 73.2 Å². The Morgan fingerprint density at radius 2 is 1.29 bits per heavy atom. The van der Waals surface area contributed by atoms with Gasteiger partial charge in [0.25, 0.3) is 15.9 Å². The second kappa shape index (κ2) is 11.5. The first-order valence-electron chi connectivity index (χ1n) is 12.2. The molecule has 5 rings (SSSR count). The van der Waals surface area contributed by atoms with Crippen molar-refractivity contribution in [3.05, 3.63) is 135 Å². The largest absolute Gasteiger partial charge is 0.422 e. The van der Waals surface area contributed by atoms with E-state index in [1.807, 2.05) is 0 Å². The Labute approximate surface area is 251 Å². The van der Waals surface area contributed by atoms with Crippen LogP contribution in [0.5, 0.6) is 5.75 Å². The molecule has 41 heavy (non-hydrogen) atoms. The second-order valence-electron chi connectivity index (χ2n) is 9.02. The number of hydrogen-bond donors (Lipinski definition) is 0. The highest BCUT2D eigenvalue weighted by atomic mass is 35.5. The summed E-state index contributed by atoms with van der Waals surface area (Å²) in [5, 5.41) is 2.03. The van der Waals surface area contributed by atoms with Crippen molar-refractivity contribution < 1.29 is 22.7 Å². The van der Waals surface area contributed by atoms with Crippen LogP contribution in [0.2, 0.25) is 15.1 Å². The van der Waals surface area contributed by atoms with Gasteiger partial charge in [-0.15, -0.1) is 0 Å². The Morgan fingerprint density at radius 1 is 0.707 bits per heavy atom. The van der Waals surface area contributed by atoms with E-state index in [0.717, 1.165) is 4.31 Å². The maximum atomic E-state index is 14.1. The van der Waals surface area contributed by atoms with E-state index in [2.05, 4.69) is 0 Å². The summed E-state index contributed by atoms with van der Waals surface area (Å²) >= 11 is 18.1. The minimum absolute atomic E-state index is 0.0689. The molecule has 0 atom stereocenters. The average molecular weight is 625 g/mol. The van der Waals surface area contributed by atoms with Crippen molar-refractivity contribution in [2.75, 3.05) is 4.31 Å². The fourth-order valence-electron chi connectivity index (χ4n) is 4.21. The van der Waals surface area contributed by atoms with Gasteiger partial charge in [0.15, 0.2) is 0 Å². The highest BCUT2D eigenvalue weighted by Gasteiger charge is 2.34. The van der Waals surface area contributed by atoms with Gasteiger partial charge in [0.05, 0.1) is 16.1 Å². The van der Waals surface area contributed by atoms with Crippen LogP contribution in [-0.2, 0) is 10.0 Å². The summed E-state index contributed by atoms with van der Waals surface area (Å²) in [6.07, 6.45) is 0. The van der Waals surface area contributed by atoms with Crippen LogP contribution in [0.3, 0.4) is 0 Å². The predicted molar refractivity (Wildman–Crippen MR) is 162 cm³/mol. The van der Waals surface area contributed by atoms with Crippen LogP contribution in [0.1, 0.15) is 26.3 Å². The van der Waals surface area contributed by atoms with Crippen LogP contribution in [0.15, 0.2) is 108 Å². The van der Waals surface area contributed by atoms with Gasteiger partial charge < -0.3 is 4.74 Å². The average Bonchev–Trinajstić information content (AvgIpc) is 2.96. The first-order valence-corrected chi connectivity index (χ1v) is 14.7. The number of esters is 1. The smallest absolute Gasteiger partial charge is 0.343 e. The van der Waals surface area contributed by atoms with Crippen LogP contribution in [0.4, 0.5) is 5.69 Å². The van der Waals surface area contributed by atoms with Gasteiger partial charge in [0.2, 0.25) is 0 Å². The van der Waals surface area contributed by atoms with E-state index in [-0.39, 0.29) is 27.5 Å². The molecule has 6 nitrogen and oxygen atoms in total. The molecule has 0 aromatic heterocycles. The van der Waals surface area contributed by atoms with Gasteiger partial charge in [-0.25, -0.2) is 13.2 Å². The Balaban J connectivity index is 1.67. The number of carbonyl (C=O) groups is 2. The van der Waals surface area contributed by atoms with E-state index in [0.29, 0.717) is 31.4 Å². The Kier molecular flexibility index (Phi) is 8.07. The van der Waals surface area contributed by atoms with Crippen molar-refractivity contribution in [1.82, 2.24) is 0 Å². The van der Waals surface area contributed by atoms with Gasteiger partial charge in [-0.1, -0.05) is 59.1 Å². The lowest BCUT2D eigenvalue weighted by Gasteiger charge is -2.25. The third-order valence-corrected chi connectivity index (χ3v) is 8.93. The molecule has 0 radical (unpaired) electrons. The number of nitrogens with zero attached hydrogens (tertiary/aromatic N) is 1. The number of benzene rings is 5. The summed E-state index contributed by atoms with van der Waals surface area (Å²) in [6.45, 7) is 1.67. The molecule has 0 heterocycles. The van der Waals surface area contributed by atoms with Gasteiger partial charge in [0, 0.05) is 31.4 Å². The van der Waals surface area contributed by atoms with Gasteiger partial charge >= 0.3 is 5.97 Å². The van der Waals surface area contributed by atoms with Crippen LogP contribution in [-0.4, -0.2) is 20.3 Å². The minimum atomic E-state index is -4.45. The number of amides is 1. The van der Waals surface area contributed by atoms with E-state index in [1.165, 1.54) is 66.7 Å². The fourth-order valence-corrected chi connectivity index (χ4v) is 6.10. The number of ether oxygens (including phenoxy) is 1.